The number of halogens is 4. The minimum atomic E-state index is -4.40. The summed E-state index contributed by atoms with van der Waals surface area (Å²) in [6.45, 7) is 0.555. The Balaban J connectivity index is 1.54. The normalized spacial score (nSPS) is 16.6. The number of hydrogen-bond donors (Lipinski definition) is 1. The maximum Gasteiger partial charge on any atom is 0.416 e. The van der Waals surface area contributed by atoms with Gasteiger partial charge in [-0.05, 0) is 48.9 Å². The smallest absolute Gasteiger partial charge is 0.347 e. The molecule has 1 fully saturated rings. The molecule has 31 heavy (non-hydrogen) atoms. The SMILES string of the molecule is O=c1ccc(CCc2ncnc(N3CCCC3c3ccc(C(F)(F)F)cc3)c2F)c[nH]1. The number of aromatic amines is 1. The number of benzene rings is 1. The number of hydrogen-bond acceptors (Lipinski definition) is 4. The second-order valence-electron chi connectivity index (χ2n) is 7.49. The molecule has 1 saturated heterocycles. The van der Waals surface area contributed by atoms with Crippen molar-refractivity contribution in [1.29, 1.82) is 0 Å². The highest BCUT2D eigenvalue weighted by Gasteiger charge is 2.33. The highest BCUT2D eigenvalue weighted by molar-refractivity contribution is 5.46. The summed E-state index contributed by atoms with van der Waals surface area (Å²) in [5, 5.41) is 0. The zero-order valence-corrected chi connectivity index (χ0v) is 16.5. The van der Waals surface area contributed by atoms with Gasteiger partial charge < -0.3 is 9.88 Å². The second kappa shape index (κ2) is 8.49. The molecule has 0 aliphatic carbocycles. The van der Waals surface area contributed by atoms with Gasteiger partial charge in [-0.2, -0.15) is 13.2 Å². The molecule has 2 aromatic heterocycles. The van der Waals surface area contributed by atoms with Gasteiger partial charge in [0.25, 0.3) is 0 Å². The lowest BCUT2D eigenvalue weighted by atomic mass is 10.0. The highest BCUT2D eigenvalue weighted by Crippen LogP contribution is 2.38. The summed E-state index contributed by atoms with van der Waals surface area (Å²) in [6, 6.07) is 7.84. The zero-order chi connectivity index (χ0) is 22.0. The van der Waals surface area contributed by atoms with Crippen LogP contribution in [-0.2, 0) is 19.0 Å². The Morgan fingerprint density at radius 3 is 2.52 bits per heavy atom. The van der Waals surface area contributed by atoms with Crippen molar-refractivity contribution in [1.82, 2.24) is 15.0 Å². The molecule has 1 aromatic carbocycles. The average Bonchev–Trinajstić information content (AvgIpc) is 3.23. The third kappa shape index (κ3) is 4.60. The summed E-state index contributed by atoms with van der Waals surface area (Å²) < 4.78 is 53.8. The summed E-state index contributed by atoms with van der Waals surface area (Å²) in [6.07, 6.45) is 0.793. The molecule has 3 aromatic rings. The predicted octanol–water partition coefficient (Wildman–Crippen LogP) is 4.45. The standard InChI is InChI=1S/C22H20F4N4O/c23-20-17(9-3-14-4-10-19(31)27-12-14)28-13-29-21(20)30-11-1-2-18(30)15-5-7-16(8-6-15)22(24,25)26/h4-8,10,12-13,18H,1-3,9,11H2,(H,27,31). The molecule has 3 heterocycles. The van der Waals surface area contributed by atoms with Crippen LogP contribution >= 0.6 is 0 Å². The quantitative estimate of drug-likeness (QED) is 0.606. The molecule has 1 N–H and O–H groups in total. The largest absolute Gasteiger partial charge is 0.416 e. The number of anilines is 1. The second-order valence-corrected chi connectivity index (χ2v) is 7.49. The number of H-pyrrole nitrogens is 1. The van der Waals surface area contributed by atoms with Crippen LogP contribution in [-0.4, -0.2) is 21.5 Å². The van der Waals surface area contributed by atoms with Gasteiger partial charge in [0.15, 0.2) is 11.6 Å². The first-order valence-corrected chi connectivity index (χ1v) is 9.94. The van der Waals surface area contributed by atoms with E-state index in [2.05, 4.69) is 15.0 Å². The molecule has 5 nitrogen and oxygen atoms in total. The van der Waals surface area contributed by atoms with E-state index in [0.29, 0.717) is 31.4 Å². The zero-order valence-electron chi connectivity index (χ0n) is 16.5. The van der Waals surface area contributed by atoms with Gasteiger partial charge in [0.05, 0.1) is 17.3 Å². The molecule has 162 valence electrons. The lowest BCUT2D eigenvalue weighted by Gasteiger charge is -2.27. The number of nitrogens with zero attached hydrogens (tertiary/aromatic N) is 3. The van der Waals surface area contributed by atoms with Gasteiger partial charge in [-0.3, -0.25) is 4.79 Å². The van der Waals surface area contributed by atoms with Crippen molar-refractivity contribution < 1.29 is 17.6 Å². The van der Waals surface area contributed by atoms with E-state index in [9.17, 15) is 18.0 Å². The maximum absolute atomic E-state index is 15.2. The number of pyridine rings is 1. The van der Waals surface area contributed by atoms with E-state index in [1.807, 2.05) is 0 Å². The van der Waals surface area contributed by atoms with E-state index < -0.39 is 17.6 Å². The fourth-order valence-electron chi connectivity index (χ4n) is 3.89. The molecule has 4 rings (SSSR count). The molecule has 0 bridgehead atoms. The first-order valence-electron chi connectivity index (χ1n) is 9.94. The van der Waals surface area contributed by atoms with Crippen LogP contribution in [0.15, 0.2) is 53.7 Å². The minimum absolute atomic E-state index is 0.161. The van der Waals surface area contributed by atoms with Gasteiger partial charge in [-0.15, -0.1) is 0 Å². The van der Waals surface area contributed by atoms with Gasteiger partial charge in [-0.1, -0.05) is 18.2 Å². The van der Waals surface area contributed by atoms with Gasteiger partial charge in [0.1, 0.15) is 6.33 Å². The highest BCUT2D eigenvalue weighted by atomic mass is 19.4. The number of aryl methyl sites for hydroxylation is 2. The van der Waals surface area contributed by atoms with Gasteiger partial charge in [0.2, 0.25) is 5.56 Å². The Morgan fingerprint density at radius 2 is 1.84 bits per heavy atom. The molecule has 0 amide bonds. The van der Waals surface area contributed by atoms with Crippen LogP contribution in [0, 0.1) is 5.82 Å². The Labute approximate surface area is 175 Å². The van der Waals surface area contributed by atoms with Crippen molar-refractivity contribution in [3.8, 4) is 0 Å². The van der Waals surface area contributed by atoms with E-state index in [0.717, 1.165) is 24.1 Å². The summed E-state index contributed by atoms with van der Waals surface area (Å²) in [7, 11) is 0. The van der Waals surface area contributed by atoms with Crippen molar-refractivity contribution in [3.05, 3.63) is 87.5 Å². The van der Waals surface area contributed by atoms with E-state index in [1.54, 1.807) is 17.2 Å². The molecule has 0 radical (unpaired) electrons. The van der Waals surface area contributed by atoms with Gasteiger partial charge >= 0.3 is 6.18 Å². The average molecular weight is 432 g/mol. The molecular weight excluding hydrogens is 412 g/mol. The number of alkyl halides is 3. The summed E-state index contributed by atoms with van der Waals surface area (Å²) in [5.41, 5.74) is 0.886. The predicted molar refractivity (Wildman–Crippen MR) is 107 cm³/mol. The van der Waals surface area contributed by atoms with E-state index >= 15 is 4.39 Å². The Kier molecular flexibility index (Phi) is 5.75. The van der Waals surface area contributed by atoms with E-state index in [4.69, 9.17) is 0 Å². The van der Waals surface area contributed by atoms with E-state index in [-0.39, 0.29) is 23.1 Å². The summed E-state index contributed by atoms with van der Waals surface area (Å²) in [5.74, 6) is -0.361. The molecule has 1 unspecified atom stereocenters. The van der Waals surface area contributed by atoms with Gasteiger partial charge in [-0.25, -0.2) is 14.4 Å². The van der Waals surface area contributed by atoms with Crippen LogP contribution in [0.3, 0.4) is 0 Å². The summed E-state index contributed by atoms with van der Waals surface area (Å²) >= 11 is 0. The Bertz CT molecular complexity index is 1090. The monoisotopic (exact) mass is 432 g/mol. The van der Waals surface area contributed by atoms with Crippen molar-refractivity contribution >= 4 is 5.82 Å². The van der Waals surface area contributed by atoms with Crippen LogP contribution in [0.4, 0.5) is 23.4 Å². The molecule has 9 heteroatoms. The lowest BCUT2D eigenvalue weighted by Crippen LogP contribution is -2.25. The van der Waals surface area contributed by atoms with Crippen LogP contribution in [0.5, 0.6) is 0 Å². The summed E-state index contributed by atoms with van der Waals surface area (Å²) in [4.78, 5) is 23.7. The van der Waals surface area contributed by atoms with Crippen molar-refractivity contribution in [2.75, 3.05) is 11.4 Å². The first kappa shape index (κ1) is 21.0. The fraction of sp³-hybridized carbons (Fsp3) is 0.318. The molecule has 1 aliphatic heterocycles. The van der Waals surface area contributed by atoms with Crippen molar-refractivity contribution in [2.24, 2.45) is 0 Å². The molecular formula is C22H20F4N4O. The third-order valence-electron chi connectivity index (χ3n) is 5.49. The number of aromatic nitrogens is 3. The van der Waals surface area contributed by atoms with Gasteiger partial charge in [0, 0.05) is 18.8 Å². The third-order valence-corrected chi connectivity index (χ3v) is 5.49. The van der Waals surface area contributed by atoms with Crippen LogP contribution in [0.25, 0.3) is 0 Å². The maximum atomic E-state index is 15.2. The fourth-order valence-corrected chi connectivity index (χ4v) is 3.89. The van der Waals surface area contributed by atoms with E-state index in [1.165, 1.54) is 24.5 Å². The Hall–Kier alpha value is -3.23. The molecule has 1 aliphatic rings. The van der Waals surface area contributed by atoms with Crippen LogP contribution in [0.1, 0.15) is 41.3 Å². The number of nitrogens with one attached hydrogen (secondary N) is 1. The van der Waals surface area contributed by atoms with Crippen molar-refractivity contribution in [3.63, 3.8) is 0 Å². The number of rotatable bonds is 5. The topological polar surface area (TPSA) is 61.9 Å². The minimum Gasteiger partial charge on any atom is -0.347 e. The first-order chi connectivity index (χ1) is 14.8. The lowest BCUT2D eigenvalue weighted by molar-refractivity contribution is -0.137. The molecule has 0 spiro atoms. The molecule has 0 saturated carbocycles. The van der Waals surface area contributed by atoms with Crippen molar-refractivity contribution in [2.45, 2.75) is 37.9 Å². The Morgan fingerprint density at radius 1 is 1.06 bits per heavy atom. The van der Waals surface area contributed by atoms with Crippen LogP contribution in [0.2, 0.25) is 0 Å². The molecule has 1 atom stereocenters. The van der Waals surface area contributed by atoms with Crippen LogP contribution < -0.4 is 10.5 Å².